The summed E-state index contributed by atoms with van der Waals surface area (Å²) in [5.41, 5.74) is 1.21. The summed E-state index contributed by atoms with van der Waals surface area (Å²) in [6.07, 6.45) is 1.33. The Balaban J connectivity index is 2.16. The second-order valence-corrected chi connectivity index (χ2v) is 5.64. The van der Waals surface area contributed by atoms with Crippen molar-refractivity contribution in [1.29, 1.82) is 0 Å². The molecule has 0 amide bonds. The fourth-order valence-corrected chi connectivity index (χ4v) is 2.42. The molecule has 0 bridgehead atoms. The van der Waals surface area contributed by atoms with Gasteiger partial charge in [0.25, 0.3) is 0 Å². The Bertz CT molecular complexity index is 432. The fourth-order valence-electron chi connectivity index (χ4n) is 2.42. The molecule has 0 saturated carbocycles. The van der Waals surface area contributed by atoms with Gasteiger partial charge in [-0.2, -0.15) is 0 Å². The molecular formula is C15H20O2. The average Bonchev–Trinajstić information content (AvgIpc) is 2.56. The molecule has 1 N–H and O–H groups in total. The highest BCUT2D eigenvalue weighted by Gasteiger charge is 2.36. The van der Waals surface area contributed by atoms with Crippen molar-refractivity contribution < 1.29 is 9.90 Å². The second kappa shape index (κ2) is 4.26. The van der Waals surface area contributed by atoms with Crippen LogP contribution in [-0.4, -0.2) is 16.5 Å². The van der Waals surface area contributed by atoms with E-state index in [1.54, 1.807) is 0 Å². The molecule has 0 saturated heterocycles. The van der Waals surface area contributed by atoms with Gasteiger partial charge in [-0.25, -0.2) is 0 Å². The first-order valence-electron chi connectivity index (χ1n) is 6.26. The summed E-state index contributed by atoms with van der Waals surface area (Å²) < 4.78 is 0. The van der Waals surface area contributed by atoms with Gasteiger partial charge in [0, 0.05) is 11.5 Å². The first kappa shape index (κ1) is 12.3. The van der Waals surface area contributed by atoms with Crippen LogP contribution < -0.4 is 0 Å². The summed E-state index contributed by atoms with van der Waals surface area (Å²) in [5, 5.41) is 10.3. The van der Waals surface area contributed by atoms with Crippen molar-refractivity contribution in [2.45, 2.75) is 39.2 Å². The lowest BCUT2D eigenvalue weighted by Gasteiger charge is -2.29. The van der Waals surface area contributed by atoms with Gasteiger partial charge in [-0.05, 0) is 31.2 Å². The number of Topliss-reactive ketones (excluding diaryl/α,β-unsaturated/α-hetero) is 1. The Morgan fingerprint density at radius 3 is 2.65 bits per heavy atom. The van der Waals surface area contributed by atoms with E-state index in [4.69, 9.17) is 0 Å². The van der Waals surface area contributed by atoms with Crippen molar-refractivity contribution in [1.82, 2.24) is 0 Å². The third-order valence-electron chi connectivity index (χ3n) is 4.02. The number of benzene rings is 1. The maximum atomic E-state index is 12.2. The molecule has 0 heterocycles. The van der Waals surface area contributed by atoms with Crippen LogP contribution in [0.25, 0.3) is 0 Å². The largest absolute Gasteiger partial charge is 0.390 e. The Labute approximate surface area is 103 Å². The lowest BCUT2D eigenvalue weighted by molar-refractivity contribution is -0.00662. The molecule has 2 atom stereocenters. The maximum absolute atomic E-state index is 12.2. The van der Waals surface area contributed by atoms with E-state index in [0.717, 1.165) is 17.5 Å². The quantitative estimate of drug-likeness (QED) is 0.870. The van der Waals surface area contributed by atoms with Gasteiger partial charge in [-0.1, -0.05) is 38.1 Å². The van der Waals surface area contributed by atoms with E-state index in [1.165, 1.54) is 0 Å². The Morgan fingerprint density at radius 1 is 1.41 bits per heavy atom. The van der Waals surface area contributed by atoms with Crippen molar-refractivity contribution in [2.75, 3.05) is 0 Å². The summed E-state index contributed by atoms with van der Waals surface area (Å²) in [7, 11) is 0. The van der Waals surface area contributed by atoms with E-state index >= 15 is 0 Å². The zero-order valence-electron chi connectivity index (χ0n) is 10.7. The predicted molar refractivity (Wildman–Crippen MR) is 68.0 cm³/mol. The number of hydrogen-bond donors (Lipinski definition) is 1. The van der Waals surface area contributed by atoms with Gasteiger partial charge >= 0.3 is 0 Å². The second-order valence-electron chi connectivity index (χ2n) is 5.64. The van der Waals surface area contributed by atoms with Crippen LogP contribution in [0, 0.1) is 11.8 Å². The maximum Gasteiger partial charge on any atom is 0.166 e. The normalized spacial score (nSPS) is 22.6. The van der Waals surface area contributed by atoms with E-state index in [-0.39, 0.29) is 17.6 Å². The minimum absolute atomic E-state index is 0.0511. The van der Waals surface area contributed by atoms with Crippen LogP contribution in [0.3, 0.4) is 0 Å². The van der Waals surface area contributed by atoms with Crippen LogP contribution in [0.15, 0.2) is 24.3 Å². The first-order valence-corrected chi connectivity index (χ1v) is 6.26. The number of carbonyl (C=O) groups excluding carboxylic acids is 1. The van der Waals surface area contributed by atoms with Crippen LogP contribution in [0.1, 0.15) is 43.1 Å². The summed E-state index contributed by atoms with van der Waals surface area (Å²) in [6, 6.07) is 7.77. The summed E-state index contributed by atoms with van der Waals surface area (Å²) in [6.45, 7) is 5.81. The van der Waals surface area contributed by atoms with Crippen LogP contribution >= 0.6 is 0 Å². The molecule has 0 spiro atoms. The molecule has 1 aromatic carbocycles. The number of aliphatic hydroxyl groups is 1. The molecule has 1 aromatic rings. The van der Waals surface area contributed by atoms with E-state index in [1.807, 2.05) is 45.0 Å². The molecule has 17 heavy (non-hydrogen) atoms. The highest BCUT2D eigenvalue weighted by Crippen LogP contribution is 2.34. The SMILES string of the molecule is CC(C)C(C)(O)CC1Cc2ccccc2C1=O. The predicted octanol–water partition coefficient (Wildman–Crippen LogP) is 2.84. The highest BCUT2D eigenvalue weighted by atomic mass is 16.3. The van der Waals surface area contributed by atoms with E-state index < -0.39 is 5.60 Å². The lowest BCUT2D eigenvalue weighted by Crippen LogP contribution is -2.35. The zero-order chi connectivity index (χ0) is 12.6. The van der Waals surface area contributed by atoms with Crippen molar-refractivity contribution in [3.05, 3.63) is 35.4 Å². The molecule has 0 aromatic heterocycles. The van der Waals surface area contributed by atoms with E-state index in [9.17, 15) is 9.90 Å². The fraction of sp³-hybridized carbons (Fsp3) is 0.533. The average molecular weight is 232 g/mol. The van der Waals surface area contributed by atoms with Gasteiger partial charge in [-0.3, -0.25) is 4.79 Å². The van der Waals surface area contributed by atoms with Crippen molar-refractivity contribution >= 4 is 5.78 Å². The summed E-state index contributed by atoms with van der Waals surface area (Å²) >= 11 is 0. The number of fused-ring (bicyclic) bond motifs is 1. The third kappa shape index (κ3) is 2.27. The molecule has 0 radical (unpaired) electrons. The topological polar surface area (TPSA) is 37.3 Å². The van der Waals surface area contributed by atoms with E-state index in [0.29, 0.717) is 6.42 Å². The molecule has 2 nitrogen and oxygen atoms in total. The van der Waals surface area contributed by atoms with Crippen LogP contribution in [0.5, 0.6) is 0 Å². The molecule has 0 aliphatic heterocycles. The summed E-state index contributed by atoms with van der Waals surface area (Å²) in [4.78, 5) is 12.2. The number of ketones is 1. The highest BCUT2D eigenvalue weighted by molar-refractivity contribution is 6.02. The molecule has 1 aliphatic rings. The van der Waals surface area contributed by atoms with E-state index in [2.05, 4.69) is 0 Å². The number of hydrogen-bond acceptors (Lipinski definition) is 2. The summed E-state index contributed by atoms with van der Waals surface area (Å²) in [5.74, 6) is 0.310. The van der Waals surface area contributed by atoms with Gasteiger partial charge in [-0.15, -0.1) is 0 Å². The van der Waals surface area contributed by atoms with Gasteiger partial charge < -0.3 is 5.11 Å². The van der Waals surface area contributed by atoms with Crippen LogP contribution in [0.4, 0.5) is 0 Å². The number of carbonyl (C=O) groups is 1. The Hall–Kier alpha value is -1.15. The minimum atomic E-state index is -0.762. The zero-order valence-corrected chi connectivity index (χ0v) is 10.7. The van der Waals surface area contributed by atoms with Gasteiger partial charge in [0.15, 0.2) is 5.78 Å². The van der Waals surface area contributed by atoms with Gasteiger partial charge in [0.2, 0.25) is 0 Å². The van der Waals surface area contributed by atoms with Crippen LogP contribution in [0.2, 0.25) is 0 Å². The number of rotatable bonds is 3. The molecule has 2 rings (SSSR count). The Morgan fingerprint density at radius 2 is 2.06 bits per heavy atom. The van der Waals surface area contributed by atoms with Crippen LogP contribution in [-0.2, 0) is 6.42 Å². The van der Waals surface area contributed by atoms with Gasteiger partial charge in [0.1, 0.15) is 0 Å². The standard InChI is InChI=1S/C15H20O2/c1-10(2)15(3,17)9-12-8-11-6-4-5-7-13(11)14(12)16/h4-7,10,12,17H,8-9H2,1-3H3. The van der Waals surface area contributed by atoms with Crippen molar-refractivity contribution in [3.63, 3.8) is 0 Å². The van der Waals surface area contributed by atoms with Crippen molar-refractivity contribution in [2.24, 2.45) is 11.8 Å². The molecule has 0 fully saturated rings. The molecule has 92 valence electrons. The van der Waals surface area contributed by atoms with Crippen molar-refractivity contribution in [3.8, 4) is 0 Å². The smallest absolute Gasteiger partial charge is 0.166 e. The molecule has 2 unspecified atom stereocenters. The molecular weight excluding hydrogens is 212 g/mol. The van der Waals surface area contributed by atoms with Gasteiger partial charge in [0.05, 0.1) is 5.60 Å². The third-order valence-corrected chi connectivity index (χ3v) is 4.02. The first-order chi connectivity index (χ1) is 7.92. The minimum Gasteiger partial charge on any atom is -0.390 e. The molecule has 2 heteroatoms. The lowest BCUT2D eigenvalue weighted by atomic mass is 9.82. The molecule has 1 aliphatic carbocycles. The Kier molecular flexibility index (Phi) is 3.09. The monoisotopic (exact) mass is 232 g/mol.